The fourth-order valence-electron chi connectivity index (χ4n) is 1.46. The lowest BCUT2D eigenvalue weighted by atomic mass is 10.3. The van der Waals surface area contributed by atoms with Gasteiger partial charge in [0, 0.05) is 24.9 Å². The van der Waals surface area contributed by atoms with Crippen LogP contribution in [0.15, 0.2) is 21.1 Å². The van der Waals surface area contributed by atoms with Gasteiger partial charge in [-0.2, -0.15) is 4.98 Å². The van der Waals surface area contributed by atoms with Gasteiger partial charge in [-0.25, -0.2) is 9.97 Å². The monoisotopic (exact) mass is 280 g/mol. The summed E-state index contributed by atoms with van der Waals surface area (Å²) < 4.78 is 17.7. The van der Waals surface area contributed by atoms with Crippen LogP contribution in [0.3, 0.4) is 0 Å². The van der Waals surface area contributed by atoms with Crippen LogP contribution in [0, 0.1) is 6.92 Å². The predicted octanol–water partition coefficient (Wildman–Crippen LogP) is 1.79. The zero-order valence-electron chi connectivity index (χ0n) is 9.58. The highest BCUT2D eigenvalue weighted by atomic mass is 32.2. The molecule has 0 saturated heterocycles. The second kappa shape index (κ2) is 4.21. The summed E-state index contributed by atoms with van der Waals surface area (Å²) in [7, 11) is -1.09. The molecule has 0 bridgehead atoms. The van der Waals surface area contributed by atoms with Crippen molar-refractivity contribution in [2.75, 3.05) is 6.26 Å². The van der Waals surface area contributed by atoms with Gasteiger partial charge in [0.2, 0.25) is 11.7 Å². The van der Waals surface area contributed by atoms with E-state index < -0.39 is 10.8 Å². The largest absolute Gasteiger partial charge is 0.339 e. The molecule has 6 nitrogen and oxygen atoms in total. The standard InChI is InChI=1S/C10H8N4O2S2/c1-5-12-8(14-16-5)6-3-7-9(11-4-6)13-10(17-7)18(2)15/h3-4H,1-2H3. The molecule has 8 heteroatoms. The van der Waals surface area contributed by atoms with Crippen molar-refractivity contribution in [2.45, 2.75) is 11.3 Å². The van der Waals surface area contributed by atoms with Crippen molar-refractivity contribution in [1.82, 2.24) is 20.1 Å². The summed E-state index contributed by atoms with van der Waals surface area (Å²) in [5.74, 6) is 0.999. The molecule has 0 aliphatic rings. The molecule has 0 aliphatic carbocycles. The highest BCUT2D eigenvalue weighted by Gasteiger charge is 2.11. The average Bonchev–Trinajstić information content (AvgIpc) is 2.93. The van der Waals surface area contributed by atoms with Crippen molar-refractivity contribution in [3.05, 3.63) is 18.2 Å². The van der Waals surface area contributed by atoms with E-state index in [1.165, 1.54) is 11.3 Å². The highest BCUT2D eigenvalue weighted by molar-refractivity contribution is 7.86. The van der Waals surface area contributed by atoms with Crippen molar-refractivity contribution >= 4 is 32.5 Å². The summed E-state index contributed by atoms with van der Waals surface area (Å²) in [5, 5.41) is 3.83. The van der Waals surface area contributed by atoms with E-state index in [4.69, 9.17) is 4.52 Å². The van der Waals surface area contributed by atoms with Crippen LogP contribution in [0.5, 0.6) is 0 Å². The Hall–Kier alpha value is -1.67. The topological polar surface area (TPSA) is 81.8 Å². The van der Waals surface area contributed by atoms with E-state index >= 15 is 0 Å². The smallest absolute Gasteiger partial charge is 0.223 e. The van der Waals surface area contributed by atoms with E-state index in [0.717, 1.165) is 10.3 Å². The minimum absolute atomic E-state index is 0.495. The Morgan fingerprint density at radius 1 is 1.39 bits per heavy atom. The number of hydrogen-bond donors (Lipinski definition) is 0. The molecular formula is C10H8N4O2S2. The molecule has 3 heterocycles. The molecule has 3 rings (SSSR count). The van der Waals surface area contributed by atoms with Gasteiger partial charge in [0.15, 0.2) is 9.99 Å². The third kappa shape index (κ3) is 1.93. The maximum absolute atomic E-state index is 11.4. The van der Waals surface area contributed by atoms with Gasteiger partial charge in [-0.05, 0) is 6.07 Å². The summed E-state index contributed by atoms with van der Waals surface area (Å²) in [6.07, 6.45) is 3.23. The van der Waals surface area contributed by atoms with E-state index in [-0.39, 0.29) is 0 Å². The van der Waals surface area contributed by atoms with Gasteiger partial charge >= 0.3 is 0 Å². The van der Waals surface area contributed by atoms with Crippen LogP contribution in [-0.4, -0.2) is 30.6 Å². The molecule has 1 atom stereocenters. The average molecular weight is 280 g/mol. The summed E-state index contributed by atoms with van der Waals surface area (Å²) in [4.78, 5) is 12.5. The van der Waals surface area contributed by atoms with E-state index in [0.29, 0.717) is 21.7 Å². The van der Waals surface area contributed by atoms with Crippen LogP contribution in [0.2, 0.25) is 0 Å². The summed E-state index contributed by atoms with van der Waals surface area (Å²) in [6, 6.07) is 1.88. The van der Waals surface area contributed by atoms with E-state index in [1.54, 1.807) is 19.4 Å². The van der Waals surface area contributed by atoms with Crippen molar-refractivity contribution in [3.63, 3.8) is 0 Å². The molecule has 1 unspecified atom stereocenters. The van der Waals surface area contributed by atoms with Crippen molar-refractivity contribution in [1.29, 1.82) is 0 Å². The van der Waals surface area contributed by atoms with Crippen LogP contribution < -0.4 is 0 Å². The van der Waals surface area contributed by atoms with E-state index in [9.17, 15) is 4.21 Å². The Labute approximate surface area is 109 Å². The number of pyridine rings is 1. The number of thiazole rings is 1. The molecule has 0 amide bonds. The highest BCUT2D eigenvalue weighted by Crippen LogP contribution is 2.26. The van der Waals surface area contributed by atoms with Crippen LogP contribution in [-0.2, 0) is 10.8 Å². The van der Waals surface area contributed by atoms with Gasteiger partial charge in [-0.3, -0.25) is 4.21 Å². The predicted molar refractivity (Wildman–Crippen MR) is 67.8 cm³/mol. The molecule has 0 spiro atoms. The summed E-state index contributed by atoms with van der Waals surface area (Å²) >= 11 is 1.36. The fraction of sp³-hybridized carbons (Fsp3) is 0.200. The lowest BCUT2D eigenvalue weighted by molar-refractivity contribution is 0.394. The Morgan fingerprint density at radius 3 is 2.89 bits per heavy atom. The lowest BCUT2D eigenvalue weighted by Crippen LogP contribution is -1.85. The van der Waals surface area contributed by atoms with Crippen LogP contribution in [0.1, 0.15) is 5.89 Å². The van der Waals surface area contributed by atoms with Gasteiger partial charge in [0.05, 0.1) is 15.5 Å². The molecule has 0 aromatic carbocycles. The maximum atomic E-state index is 11.4. The van der Waals surface area contributed by atoms with E-state index in [2.05, 4.69) is 20.1 Å². The molecular weight excluding hydrogens is 272 g/mol. The quantitative estimate of drug-likeness (QED) is 0.711. The first-order chi connectivity index (χ1) is 8.63. The number of rotatable bonds is 2. The number of fused-ring (bicyclic) bond motifs is 1. The first-order valence-electron chi connectivity index (χ1n) is 5.04. The van der Waals surface area contributed by atoms with Crippen LogP contribution >= 0.6 is 11.3 Å². The lowest BCUT2D eigenvalue weighted by Gasteiger charge is -1.92. The Kier molecular flexibility index (Phi) is 2.67. The number of aromatic nitrogens is 4. The van der Waals surface area contributed by atoms with Crippen molar-refractivity contribution < 1.29 is 8.73 Å². The first-order valence-corrected chi connectivity index (χ1v) is 7.41. The van der Waals surface area contributed by atoms with Crippen LogP contribution in [0.4, 0.5) is 0 Å². The van der Waals surface area contributed by atoms with Gasteiger partial charge < -0.3 is 4.52 Å². The Bertz CT molecular complexity index is 749. The van der Waals surface area contributed by atoms with Gasteiger partial charge in [-0.15, -0.1) is 11.3 Å². The molecule has 0 aliphatic heterocycles. The van der Waals surface area contributed by atoms with Gasteiger partial charge in [0.25, 0.3) is 0 Å². The summed E-state index contributed by atoms with van der Waals surface area (Å²) in [5.41, 5.74) is 1.35. The maximum Gasteiger partial charge on any atom is 0.223 e. The van der Waals surface area contributed by atoms with Crippen LogP contribution in [0.25, 0.3) is 21.7 Å². The Morgan fingerprint density at radius 2 is 2.22 bits per heavy atom. The molecule has 0 radical (unpaired) electrons. The Balaban J connectivity index is 2.13. The van der Waals surface area contributed by atoms with Crippen molar-refractivity contribution in [2.24, 2.45) is 0 Å². The number of aryl methyl sites for hydroxylation is 1. The van der Waals surface area contributed by atoms with E-state index in [1.807, 2.05) is 6.07 Å². The zero-order chi connectivity index (χ0) is 12.7. The second-order valence-corrected chi connectivity index (χ2v) is 6.20. The molecule has 3 aromatic heterocycles. The molecule has 0 saturated carbocycles. The molecule has 0 fully saturated rings. The molecule has 92 valence electrons. The second-order valence-electron chi connectivity index (χ2n) is 3.62. The zero-order valence-corrected chi connectivity index (χ0v) is 11.2. The normalized spacial score (nSPS) is 13.0. The number of hydrogen-bond acceptors (Lipinski definition) is 7. The van der Waals surface area contributed by atoms with Gasteiger partial charge in [0.1, 0.15) is 0 Å². The van der Waals surface area contributed by atoms with Crippen molar-refractivity contribution in [3.8, 4) is 11.4 Å². The van der Waals surface area contributed by atoms with Gasteiger partial charge in [-0.1, -0.05) is 5.16 Å². The first kappa shape index (κ1) is 11.4. The minimum atomic E-state index is -1.09. The minimum Gasteiger partial charge on any atom is -0.339 e. The third-order valence-electron chi connectivity index (χ3n) is 2.26. The number of nitrogens with zero attached hydrogens (tertiary/aromatic N) is 4. The summed E-state index contributed by atoms with van der Waals surface area (Å²) in [6.45, 7) is 1.73. The fourth-order valence-corrected chi connectivity index (χ4v) is 3.11. The molecule has 18 heavy (non-hydrogen) atoms. The third-order valence-corrected chi connectivity index (χ3v) is 4.58. The molecule has 0 N–H and O–H groups in total. The SMILES string of the molecule is Cc1nc(-c2cnc3nc(S(C)=O)sc3c2)no1. The molecule has 3 aromatic rings.